The molecule has 0 saturated heterocycles. The summed E-state index contributed by atoms with van der Waals surface area (Å²) in [4.78, 5) is 8.42. The Morgan fingerprint density at radius 3 is 2.53 bits per heavy atom. The van der Waals surface area contributed by atoms with Crippen LogP contribution in [0.4, 0.5) is 19.0 Å². The van der Waals surface area contributed by atoms with Crippen molar-refractivity contribution >= 4 is 11.8 Å². The van der Waals surface area contributed by atoms with E-state index < -0.39 is 11.7 Å². The van der Waals surface area contributed by atoms with Crippen LogP contribution in [0.3, 0.4) is 0 Å². The van der Waals surface area contributed by atoms with E-state index in [0.717, 1.165) is 17.2 Å². The van der Waals surface area contributed by atoms with Crippen LogP contribution in [0.1, 0.15) is 23.6 Å². The number of aromatic nitrogens is 3. The third-order valence-corrected chi connectivity index (χ3v) is 4.58. The minimum Gasteiger partial charge on any atom is -0.368 e. The second-order valence-electron chi connectivity index (χ2n) is 6.92. The van der Waals surface area contributed by atoms with Gasteiger partial charge in [0.1, 0.15) is 5.82 Å². The fourth-order valence-corrected chi connectivity index (χ4v) is 3.08. The molecule has 2 heterocycles. The van der Waals surface area contributed by atoms with Gasteiger partial charge in [0.25, 0.3) is 0 Å². The number of anilines is 1. The van der Waals surface area contributed by atoms with Crippen LogP contribution in [0, 0.1) is 0 Å². The Balaban J connectivity index is 1.58. The van der Waals surface area contributed by atoms with Crippen LogP contribution in [0.25, 0.3) is 0 Å². The highest BCUT2D eigenvalue weighted by molar-refractivity contribution is 5.79. The summed E-state index contributed by atoms with van der Waals surface area (Å²) in [7, 11) is 0. The molecule has 0 unspecified atom stereocenters. The van der Waals surface area contributed by atoms with E-state index in [4.69, 9.17) is 0 Å². The second kappa shape index (κ2) is 11.2. The van der Waals surface area contributed by atoms with Gasteiger partial charge >= 0.3 is 6.18 Å². The van der Waals surface area contributed by atoms with Gasteiger partial charge in [0.15, 0.2) is 5.96 Å². The van der Waals surface area contributed by atoms with E-state index in [9.17, 15) is 13.2 Å². The van der Waals surface area contributed by atoms with E-state index in [1.54, 1.807) is 6.20 Å². The molecule has 0 bridgehead atoms. The summed E-state index contributed by atoms with van der Waals surface area (Å²) in [5.41, 5.74) is 1.41. The lowest BCUT2D eigenvalue weighted by molar-refractivity contribution is -0.137. The number of guanidine groups is 1. The molecule has 0 spiro atoms. The molecular formula is C22H26F3N7. The maximum absolute atomic E-state index is 13.1. The number of halogens is 3. The van der Waals surface area contributed by atoms with Crippen LogP contribution in [0.15, 0.2) is 66.0 Å². The minimum atomic E-state index is -4.45. The zero-order valence-corrected chi connectivity index (χ0v) is 17.7. The summed E-state index contributed by atoms with van der Waals surface area (Å²) >= 11 is 0. The largest absolute Gasteiger partial charge is 0.419 e. The van der Waals surface area contributed by atoms with Gasteiger partial charge in [-0.25, -0.2) is 9.98 Å². The Bertz CT molecular complexity index is 1000. The summed E-state index contributed by atoms with van der Waals surface area (Å²) in [5.74, 6) is 0.400. The Hall–Kier alpha value is -3.56. The van der Waals surface area contributed by atoms with Crippen molar-refractivity contribution in [2.24, 2.45) is 4.99 Å². The molecule has 0 aliphatic carbocycles. The van der Waals surface area contributed by atoms with E-state index in [1.807, 2.05) is 48.1 Å². The van der Waals surface area contributed by atoms with Crippen molar-refractivity contribution in [1.82, 2.24) is 25.4 Å². The number of benzene rings is 1. The van der Waals surface area contributed by atoms with E-state index in [1.165, 1.54) is 12.3 Å². The zero-order chi connectivity index (χ0) is 22.8. The van der Waals surface area contributed by atoms with Gasteiger partial charge in [0.05, 0.1) is 18.7 Å². The number of alkyl halides is 3. The van der Waals surface area contributed by atoms with Crippen molar-refractivity contribution < 1.29 is 13.2 Å². The van der Waals surface area contributed by atoms with Crippen LogP contribution in [0.2, 0.25) is 0 Å². The molecule has 3 N–H and O–H groups in total. The van der Waals surface area contributed by atoms with E-state index in [-0.39, 0.29) is 12.4 Å². The summed E-state index contributed by atoms with van der Waals surface area (Å²) in [6, 6.07) is 12.2. The van der Waals surface area contributed by atoms with Gasteiger partial charge in [-0.1, -0.05) is 24.3 Å². The van der Waals surface area contributed by atoms with Gasteiger partial charge in [-0.15, -0.1) is 0 Å². The maximum Gasteiger partial charge on any atom is 0.419 e. The molecule has 32 heavy (non-hydrogen) atoms. The summed E-state index contributed by atoms with van der Waals surface area (Å²) < 4.78 is 41.1. The van der Waals surface area contributed by atoms with Crippen molar-refractivity contribution in [1.29, 1.82) is 0 Å². The molecule has 10 heteroatoms. The van der Waals surface area contributed by atoms with Gasteiger partial charge in [0.2, 0.25) is 0 Å². The fraction of sp³-hybridized carbons (Fsp3) is 0.318. The first-order valence-electron chi connectivity index (χ1n) is 10.3. The first kappa shape index (κ1) is 23.1. The molecule has 170 valence electrons. The molecule has 2 aromatic heterocycles. The third kappa shape index (κ3) is 6.73. The average Bonchev–Trinajstić information content (AvgIpc) is 3.28. The van der Waals surface area contributed by atoms with Crippen molar-refractivity contribution in [2.75, 3.05) is 25.0 Å². The predicted molar refractivity (Wildman–Crippen MR) is 118 cm³/mol. The van der Waals surface area contributed by atoms with Crippen LogP contribution in [-0.4, -0.2) is 40.4 Å². The Labute approximate surface area is 184 Å². The van der Waals surface area contributed by atoms with E-state index >= 15 is 0 Å². The summed E-state index contributed by atoms with van der Waals surface area (Å²) in [6.45, 7) is 4.34. The predicted octanol–water partition coefficient (Wildman–Crippen LogP) is 3.51. The lowest BCUT2D eigenvalue weighted by Crippen LogP contribution is -2.39. The highest BCUT2D eigenvalue weighted by Crippen LogP contribution is 2.33. The molecule has 0 aliphatic heterocycles. The number of hydrogen-bond acceptors (Lipinski definition) is 4. The van der Waals surface area contributed by atoms with Gasteiger partial charge in [-0.05, 0) is 36.2 Å². The monoisotopic (exact) mass is 445 g/mol. The Morgan fingerprint density at radius 1 is 1.00 bits per heavy atom. The first-order valence-corrected chi connectivity index (χ1v) is 10.3. The van der Waals surface area contributed by atoms with Gasteiger partial charge < -0.3 is 16.0 Å². The standard InChI is InChI=1S/C22H26F3N7/c1-2-26-21(29-13-12-28-20-19(22(23,24)25)9-5-10-27-20)30-15-17-7-3-4-8-18(17)16-32-14-6-11-31-32/h3-11,14H,2,12-13,15-16H2,1H3,(H,27,28)(H2,26,29,30). The van der Waals surface area contributed by atoms with Gasteiger partial charge in [0, 0.05) is 38.2 Å². The van der Waals surface area contributed by atoms with Crippen LogP contribution in [-0.2, 0) is 19.3 Å². The molecule has 0 aliphatic rings. The second-order valence-corrected chi connectivity index (χ2v) is 6.92. The molecular weight excluding hydrogens is 419 g/mol. The molecule has 3 rings (SSSR count). The van der Waals surface area contributed by atoms with Crippen molar-refractivity contribution in [2.45, 2.75) is 26.2 Å². The number of pyridine rings is 1. The van der Waals surface area contributed by atoms with Crippen LogP contribution >= 0.6 is 0 Å². The van der Waals surface area contributed by atoms with E-state index in [0.29, 0.717) is 32.1 Å². The highest BCUT2D eigenvalue weighted by Gasteiger charge is 2.33. The Morgan fingerprint density at radius 2 is 1.81 bits per heavy atom. The smallest absolute Gasteiger partial charge is 0.368 e. The molecule has 1 aromatic carbocycles. The minimum absolute atomic E-state index is 0.184. The lowest BCUT2D eigenvalue weighted by atomic mass is 10.1. The van der Waals surface area contributed by atoms with Crippen LogP contribution in [0.5, 0.6) is 0 Å². The average molecular weight is 445 g/mol. The quantitative estimate of drug-likeness (QED) is 0.267. The molecule has 0 saturated carbocycles. The SMILES string of the molecule is CCNC(=NCc1ccccc1Cn1cccn1)NCCNc1ncccc1C(F)(F)F. The molecule has 0 atom stereocenters. The number of nitrogens with zero attached hydrogens (tertiary/aromatic N) is 4. The fourth-order valence-electron chi connectivity index (χ4n) is 3.08. The lowest BCUT2D eigenvalue weighted by Gasteiger charge is -2.15. The van der Waals surface area contributed by atoms with Crippen molar-refractivity contribution in [3.8, 4) is 0 Å². The number of nitrogens with one attached hydrogen (secondary N) is 3. The first-order chi connectivity index (χ1) is 15.5. The summed E-state index contributed by atoms with van der Waals surface area (Å²) in [6.07, 6.45) is 0.524. The zero-order valence-electron chi connectivity index (χ0n) is 17.7. The van der Waals surface area contributed by atoms with Crippen molar-refractivity contribution in [3.05, 3.63) is 77.7 Å². The molecule has 0 amide bonds. The molecule has 0 radical (unpaired) electrons. The topological polar surface area (TPSA) is 79.2 Å². The van der Waals surface area contributed by atoms with Crippen molar-refractivity contribution in [3.63, 3.8) is 0 Å². The number of hydrogen-bond donors (Lipinski definition) is 3. The summed E-state index contributed by atoms with van der Waals surface area (Å²) in [5, 5.41) is 13.3. The van der Waals surface area contributed by atoms with E-state index in [2.05, 4.69) is 31.0 Å². The van der Waals surface area contributed by atoms with Gasteiger partial charge in [-0.3, -0.25) is 4.68 Å². The number of rotatable bonds is 9. The van der Waals surface area contributed by atoms with Crippen LogP contribution < -0.4 is 16.0 Å². The normalized spacial score (nSPS) is 11.9. The molecule has 0 fully saturated rings. The Kier molecular flexibility index (Phi) is 8.07. The molecule has 3 aromatic rings. The highest BCUT2D eigenvalue weighted by atomic mass is 19.4. The third-order valence-electron chi connectivity index (χ3n) is 4.58. The number of aliphatic imine (C=N–C) groups is 1. The maximum atomic E-state index is 13.1. The molecule has 7 nitrogen and oxygen atoms in total. The van der Waals surface area contributed by atoms with Gasteiger partial charge in [-0.2, -0.15) is 18.3 Å².